The fourth-order valence-corrected chi connectivity index (χ4v) is 2.69. The minimum absolute atomic E-state index is 0.212. The van der Waals surface area contributed by atoms with Gasteiger partial charge in [-0.1, -0.05) is 23.7 Å². The average Bonchev–Trinajstić information content (AvgIpc) is 2.91. The fraction of sp³-hybridized carbons (Fsp3) is 0.0625. The number of nitrogens with one attached hydrogen (secondary N) is 1. The molecular formula is C16H14ClN5. The summed E-state index contributed by atoms with van der Waals surface area (Å²) in [5, 5.41) is 8.61. The summed E-state index contributed by atoms with van der Waals surface area (Å²) < 4.78 is 2.14. The van der Waals surface area contributed by atoms with E-state index in [2.05, 4.69) is 14.8 Å². The Kier molecular flexibility index (Phi) is 3.89. The molecule has 3 aromatic rings. The number of rotatable bonds is 3. The summed E-state index contributed by atoms with van der Waals surface area (Å²) in [5.41, 5.74) is 10.0. The molecule has 0 fully saturated rings. The Morgan fingerprint density at radius 3 is 2.77 bits per heavy atom. The zero-order valence-corrected chi connectivity index (χ0v) is 12.5. The molecule has 3 N–H and O–H groups in total. The molecule has 5 nitrogen and oxygen atoms in total. The van der Waals surface area contributed by atoms with E-state index in [1.807, 2.05) is 54.7 Å². The summed E-state index contributed by atoms with van der Waals surface area (Å²) >= 11 is 6.03. The zero-order valence-electron chi connectivity index (χ0n) is 11.7. The molecule has 0 radical (unpaired) electrons. The van der Waals surface area contributed by atoms with E-state index in [1.165, 1.54) is 0 Å². The van der Waals surface area contributed by atoms with E-state index in [4.69, 9.17) is 23.0 Å². The summed E-state index contributed by atoms with van der Waals surface area (Å²) in [4.78, 5) is 0. The van der Waals surface area contributed by atoms with Crippen LogP contribution < -0.4 is 5.84 Å². The summed E-state index contributed by atoms with van der Waals surface area (Å²) in [6.07, 6.45) is 2.02. The second-order valence-corrected chi connectivity index (χ2v) is 5.35. The van der Waals surface area contributed by atoms with Gasteiger partial charge in [-0.25, -0.2) is 5.53 Å². The predicted octanol–water partition coefficient (Wildman–Crippen LogP) is 3.99. The first kappa shape index (κ1) is 14.3. The number of benzene rings is 2. The second kappa shape index (κ2) is 5.99. The lowest BCUT2D eigenvalue weighted by molar-refractivity contribution is 0.837. The maximum Gasteiger partial charge on any atom is 0.199 e. The third kappa shape index (κ3) is 2.71. The topological polar surface area (TPSA) is 79.5 Å². The molecule has 0 aliphatic carbocycles. The maximum absolute atomic E-state index is 7.08. The van der Waals surface area contributed by atoms with Gasteiger partial charge in [-0.3, -0.25) is 0 Å². The number of fused-ring (bicyclic) bond motifs is 1. The summed E-state index contributed by atoms with van der Waals surface area (Å²) in [6, 6.07) is 15.6. The number of hydrogen-bond acceptors (Lipinski definition) is 3. The highest BCUT2D eigenvalue weighted by Gasteiger charge is 2.07. The van der Waals surface area contributed by atoms with Crippen molar-refractivity contribution in [1.29, 1.82) is 5.53 Å². The van der Waals surface area contributed by atoms with E-state index in [-0.39, 0.29) is 5.84 Å². The molecule has 0 saturated heterocycles. The molecule has 3 rings (SSSR count). The molecule has 6 heteroatoms. The predicted molar refractivity (Wildman–Crippen MR) is 88.4 cm³/mol. The van der Waals surface area contributed by atoms with Gasteiger partial charge in [0, 0.05) is 34.2 Å². The van der Waals surface area contributed by atoms with Crippen molar-refractivity contribution < 1.29 is 0 Å². The standard InChI is InChI=1S/C16H14ClN5/c17-14-3-1-2-11(8-14)10-22-7-6-12-9-13(4-5-15(12)22)16(20-18)21-19/h1-9,18H,10,19H2. The maximum atomic E-state index is 7.08. The van der Waals surface area contributed by atoms with Gasteiger partial charge in [0.25, 0.3) is 0 Å². The van der Waals surface area contributed by atoms with Crippen LogP contribution in [0.15, 0.2) is 64.9 Å². The molecule has 110 valence electrons. The van der Waals surface area contributed by atoms with Crippen molar-refractivity contribution in [2.45, 2.75) is 6.54 Å². The SMILES string of the molecule is N=NC(=NN)c1ccc2c(ccn2Cc2cccc(Cl)c2)c1. The molecule has 0 amide bonds. The van der Waals surface area contributed by atoms with E-state index >= 15 is 0 Å². The largest absolute Gasteiger partial charge is 0.343 e. The van der Waals surface area contributed by atoms with Crippen LogP contribution in [-0.4, -0.2) is 10.4 Å². The summed E-state index contributed by atoms with van der Waals surface area (Å²) in [5.74, 6) is 5.45. The number of aromatic nitrogens is 1. The smallest absolute Gasteiger partial charge is 0.199 e. The van der Waals surface area contributed by atoms with Crippen molar-refractivity contribution in [3.8, 4) is 0 Å². The van der Waals surface area contributed by atoms with E-state index in [0.29, 0.717) is 0 Å². The first-order chi connectivity index (χ1) is 10.7. The lowest BCUT2D eigenvalue weighted by Gasteiger charge is -2.07. The van der Waals surface area contributed by atoms with Crippen molar-refractivity contribution in [2.75, 3.05) is 0 Å². The van der Waals surface area contributed by atoms with Crippen molar-refractivity contribution >= 4 is 28.3 Å². The number of halogens is 1. The van der Waals surface area contributed by atoms with E-state index in [0.717, 1.165) is 33.6 Å². The molecule has 0 bridgehead atoms. The van der Waals surface area contributed by atoms with Gasteiger partial charge >= 0.3 is 0 Å². The van der Waals surface area contributed by atoms with Crippen LogP contribution in [0.5, 0.6) is 0 Å². The van der Waals surface area contributed by atoms with Crippen LogP contribution in [0.2, 0.25) is 5.02 Å². The number of amidine groups is 1. The van der Waals surface area contributed by atoms with Crippen LogP contribution >= 0.6 is 11.6 Å². The molecule has 0 atom stereocenters. The summed E-state index contributed by atoms with van der Waals surface area (Å²) in [7, 11) is 0. The lowest BCUT2D eigenvalue weighted by Crippen LogP contribution is -2.01. The first-order valence-electron chi connectivity index (χ1n) is 6.70. The molecule has 2 aromatic carbocycles. The van der Waals surface area contributed by atoms with Crippen LogP contribution in [-0.2, 0) is 6.54 Å². The van der Waals surface area contributed by atoms with Crippen LogP contribution in [0.25, 0.3) is 10.9 Å². The van der Waals surface area contributed by atoms with Gasteiger partial charge in [0.15, 0.2) is 5.84 Å². The van der Waals surface area contributed by atoms with Crippen molar-refractivity contribution in [1.82, 2.24) is 4.57 Å². The van der Waals surface area contributed by atoms with Gasteiger partial charge < -0.3 is 10.4 Å². The third-order valence-corrected chi connectivity index (χ3v) is 3.73. The van der Waals surface area contributed by atoms with Crippen LogP contribution in [0.4, 0.5) is 0 Å². The average molecular weight is 312 g/mol. The molecule has 0 aliphatic rings. The van der Waals surface area contributed by atoms with Crippen molar-refractivity contribution in [2.24, 2.45) is 16.1 Å². The molecule has 22 heavy (non-hydrogen) atoms. The zero-order chi connectivity index (χ0) is 15.5. The molecule has 1 heterocycles. The van der Waals surface area contributed by atoms with Crippen molar-refractivity contribution in [3.05, 3.63) is 70.9 Å². The number of hydrogen-bond donors (Lipinski definition) is 2. The minimum atomic E-state index is 0.212. The van der Waals surface area contributed by atoms with E-state index in [9.17, 15) is 0 Å². The Morgan fingerprint density at radius 1 is 1.18 bits per heavy atom. The molecule has 1 aromatic heterocycles. The second-order valence-electron chi connectivity index (χ2n) is 4.91. The lowest BCUT2D eigenvalue weighted by atomic mass is 10.1. The Balaban J connectivity index is 1.97. The van der Waals surface area contributed by atoms with Gasteiger partial charge in [-0.05, 0) is 42.0 Å². The van der Waals surface area contributed by atoms with E-state index in [1.54, 1.807) is 0 Å². The highest BCUT2D eigenvalue weighted by Crippen LogP contribution is 2.20. The molecular weight excluding hydrogens is 298 g/mol. The molecule has 0 spiro atoms. The Labute approximate surface area is 132 Å². The van der Waals surface area contributed by atoms with Gasteiger partial charge in [0.2, 0.25) is 0 Å². The van der Waals surface area contributed by atoms with Gasteiger partial charge in [0.05, 0.1) is 0 Å². The van der Waals surface area contributed by atoms with Gasteiger partial charge in [-0.2, -0.15) is 5.10 Å². The van der Waals surface area contributed by atoms with Gasteiger partial charge in [0.1, 0.15) is 0 Å². The van der Waals surface area contributed by atoms with Gasteiger partial charge in [-0.15, -0.1) is 5.11 Å². The molecule has 0 aliphatic heterocycles. The quantitative estimate of drug-likeness (QED) is 0.248. The highest BCUT2D eigenvalue weighted by molar-refractivity contribution is 6.30. The first-order valence-corrected chi connectivity index (χ1v) is 7.08. The number of nitrogens with zero attached hydrogens (tertiary/aromatic N) is 3. The fourth-order valence-electron chi connectivity index (χ4n) is 2.48. The Bertz CT molecular complexity index is 866. The highest BCUT2D eigenvalue weighted by atomic mass is 35.5. The monoisotopic (exact) mass is 311 g/mol. The van der Waals surface area contributed by atoms with Crippen LogP contribution in [0, 0.1) is 5.53 Å². The molecule has 0 unspecified atom stereocenters. The summed E-state index contributed by atoms with van der Waals surface area (Å²) in [6.45, 7) is 0.740. The third-order valence-electron chi connectivity index (χ3n) is 3.50. The van der Waals surface area contributed by atoms with Crippen molar-refractivity contribution in [3.63, 3.8) is 0 Å². The Hall–Kier alpha value is -2.66. The molecule has 0 saturated carbocycles. The van der Waals surface area contributed by atoms with Crippen LogP contribution in [0.3, 0.4) is 0 Å². The van der Waals surface area contributed by atoms with Crippen LogP contribution in [0.1, 0.15) is 11.1 Å². The minimum Gasteiger partial charge on any atom is -0.343 e. The number of nitrogens with two attached hydrogens (primary N) is 1. The number of hydrazone groups is 1. The van der Waals surface area contributed by atoms with E-state index < -0.39 is 0 Å². The Morgan fingerprint density at radius 2 is 2.05 bits per heavy atom. The normalized spacial score (nSPS) is 11.8.